The van der Waals surface area contributed by atoms with Crippen molar-refractivity contribution in [2.24, 2.45) is 11.8 Å². The molecule has 2 unspecified atom stereocenters. The predicted molar refractivity (Wildman–Crippen MR) is 95.1 cm³/mol. The third-order valence-corrected chi connectivity index (χ3v) is 6.04. The van der Waals surface area contributed by atoms with E-state index in [4.69, 9.17) is 9.47 Å². The van der Waals surface area contributed by atoms with Gasteiger partial charge in [0.05, 0.1) is 19.8 Å². The van der Waals surface area contributed by atoms with E-state index in [1.807, 2.05) is 0 Å². The summed E-state index contributed by atoms with van der Waals surface area (Å²) in [5.41, 5.74) is 1.49. The lowest BCUT2D eigenvalue weighted by molar-refractivity contribution is -0.0408. The Morgan fingerprint density at radius 1 is 0.957 bits per heavy atom. The van der Waals surface area contributed by atoms with E-state index in [1.165, 1.54) is 56.9 Å². The minimum Gasteiger partial charge on any atom is -0.497 e. The minimum absolute atomic E-state index is 0.548. The van der Waals surface area contributed by atoms with Crippen molar-refractivity contribution in [1.82, 2.24) is 0 Å². The van der Waals surface area contributed by atoms with Crippen LogP contribution in [0.1, 0.15) is 69.8 Å². The number of ether oxygens (including phenoxy) is 2. The molecule has 1 aliphatic carbocycles. The molecule has 1 aromatic rings. The van der Waals surface area contributed by atoms with Crippen LogP contribution < -0.4 is 4.74 Å². The first-order chi connectivity index (χ1) is 11.3. The summed E-state index contributed by atoms with van der Waals surface area (Å²) in [6.07, 6.45) is 11.2. The summed E-state index contributed by atoms with van der Waals surface area (Å²) in [5.74, 6) is 3.42. The quantitative estimate of drug-likeness (QED) is 0.707. The van der Waals surface area contributed by atoms with Crippen LogP contribution in [0.25, 0.3) is 0 Å². The van der Waals surface area contributed by atoms with E-state index in [1.54, 1.807) is 7.11 Å². The normalized spacial score (nSPS) is 31.7. The summed E-state index contributed by atoms with van der Waals surface area (Å²) in [6, 6.07) is 8.71. The number of hydrogen-bond acceptors (Lipinski definition) is 2. The van der Waals surface area contributed by atoms with E-state index in [-0.39, 0.29) is 0 Å². The number of rotatable bonds is 5. The van der Waals surface area contributed by atoms with Crippen molar-refractivity contribution in [1.29, 1.82) is 0 Å². The van der Waals surface area contributed by atoms with E-state index >= 15 is 0 Å². The standard InChI is InChI=1S/C21H32O2/c1-3-4-21-14-11-19(15-23-21)18-7-5-16(6-8-18)17-9-12-20(22-2)13-10-17/h9-10,12-13,16,18-19,21H,3-8,11,14-15H2,1-2H3. The smallest absolute Gasteiger partial charge is 0.118 e. The highest BCUT2D eigenvalue weighted by atomic mass is 16.5. The molecule has 0 spiro atoms. The molecule has 2 heteroatoms. The average molecular weight is 316 g/mol. The molecule has 0 N–H and O–H groups in total. The monoisotopic (exact) mass is 316 g/mol. The third-order valence-electron chi connectivity index (χ3n) is 6.04. The van der Waals surface area contributed by atoms with Gasteiger partial charge in [0.25, 0.3) is 0 Å². The second-order valence-electron chi connectivity index (χ2n) is 7.47. The molecule has 1 saturated carbocycles. The molecule has 0 amide bonds. The molecule has 128 valence electrons. The van der Waals surface area contributed by atoms with Gasteiger partial charge in [-0.1, -0.05) is 25.5 Å². The largest absolute Gasteiger partial charge is 0.497 e. The molecule has 23 heavy (non-hydrogen) atoms. The summed E-state index contributed by atoms with van der Waals surface area (Å²) in [6.45, 7) is 3.28. The van der Waals surface area contributed by atoms with Crippen LogP contribution in [0.5, 0.6) is 5.75 Å². The van der Waals surface area contributed by atoms with E-state index < -0.39 is 0 Å². The predicted octanol–water partition coefficient (Wildman–Crippen LogP) is 5.56. The maximum atomic E-state index is 6.11. The fourth-order valence-electron chi connectivity index (χ4n) is 4.55. The van der Waals surface area contributed by atoms with Gasteiger partial charge in [0.2, 0.25) is 0 Å². The van der Waals surface area contributed by atoms with Crippen molar-refractivity contribution in [3.8, 4) is 5.75 Å². The fourth-order valence-corrected chi connectivity index (χ4v) is 4.55. The zero-order valence-corrected chi connectivity index (χ0v) is 14.8. The molecule has 0 aromatic heterocycles. The lowest BCUT2D eigenvalue weighted by Gasteiger charge is -2.38. The molecule has 2 aliphatic rings. The third kappa shape index (κ3) is 4.29. The van der Waals surface area contributed by atoms with Crippen molar-refractivity contribution >= 4 is 0 Å². The van der Waals surface area contributed by atoms with Crippen LogP contribution in [0, 0.1) is 11.8 Å². The van der Waals surface area contributed by atoms with Crippen LogP contribution in [-0.2, 0) is 4.74 Å². The average Bonchev–Trinajstić information content (AvgIpc) is 2.63. The van der Waals surface area contributed by atoms with Gasteiger partial charge in [-0.05, 0) is 80.4 Å². The molecule has 1 aliphatic heterocycles. The first-order valence-electron chi connectivity index (χ1n) is 9.55. The molecule has 3 rings (SSSR count). The van der Waals surface area contributed by atoms with E-state index in [0.717, 1.165) is 30.1 Å². The van der Waals surface area contributed by atoms with Gasteiger partial charge in [0.1, 0.15) is 5.75 Å². The van der Waals surface area contributed by atoms with Crippen molar-refractivity contribution in [2.75, 3.05) is 13.7 Å². The van der Waals surface area contributed by atoms with Gasteiger partial charge in [-0.15, -0.1) is 0 Å². The molecule has 2 atom stereocenters. The molecule has 1 aromatic carbocycles. The second-order valence-corrected chi connectivity index (χ2v) is 7.47. The molecule has 1 saturated heterocycles. The highest BCUT2D eigenvalue weighted by molar-refractivity contribution is 5.29. The molecule has 0 bridgehead atoms. The molecule has 2 nitrogen and oxygen atoms in total. The molecule has 2 fully saturated rings. The molecular formula is C21H32O2. The summed E-state index contributed by atoms with van der Waals surface area (Å²) < 4.78 is 11.4. The Hall–Kier alpha value is -1.02. The molecule has 1 heterocycles. The number of methoxy groups -OCH3 is 1. The van der Waals surface area contributed by atoms with Gasteiger partial charge in [-0.25, -0.2) is 0 Å². The van der Waals surface area contributed by atoms with Crippen LogP contribution in [-0.4, -0.2) is 19.8 Å². The van der Waals surface area contributed by atoms with E-state index in [2.05, 4.69) is 31.2 Å². The van der Waals surface area contributed by atoms with Crippen molar-refractivity contribution in [3.63, 3.8) is 0 Å². The maximum absolute atomic E-state index is 6.11. The van der Waals surface area contributed by atoms with Gasteiger partial charge in [0, 0.05) is 0 Å². The first-order valence-corrected chi connectivity index (χ1v) is 9.55. The van der Waals surface area contributed by atoms with E-state index in [0.29, 0.717) is 6.10 Å². The van der Waals surface area contributed by atoms with Gasteiger partial charge in [-0.3, -0.25) is 0 Å². The molecule has 0 radical (unpaired) electrons. The zero-order chi connectivity index (χ0) is 16.1. The highest BCUT2D eigenvalue weighted by Crippen LogP contribution is 2.41. The first kappa shape index (κ1) is 16.8. The van der Waals surface area contributed by atoms with Crippen molar-refractivity contribution in [3.05, 3.63) is 29.8 Å². The Labute approximate surface area is 141 Å². The lowest BCUT2D eigenvalue weighted by Crippen LogP contribution is -2.32. The zero-order valence-electron chi connectivity index (χ0n) is 14.8. The van der Waals surface area contributed by atoms with E-state index in [9.17, 15) is 0 Å². The lowest BCUT2D eigenvalue weighted by atomic mass is 9.72. The number of benzene rings is 1. The fraction of sp³-hybridized carbons (Fsp3) is 0.714. The SMILES string of the molecule is CCCC1CCC(C2CCC(c3ccc(OC)cc3)CC2)CO1. The second kappa shape index (κ2) is 8.19. The Morgan fingerprint density at radius 3 is 2.22 bits per heavy atom. The summed E-state index contributed by atoms with van der Waals surface area (Å²) >= 11 is 0. The van der Waals surface area contributed by atoms with Crippen LogP contribution in [0.2, 0.25) is 0 Å². The number of hydrogen-bond donors (Lipinski definition) is 0. The van der Waals surface area contributed by atoms with Gasteiger partial charge in [0.15, 0.2) is 0 Å². The van der Waals surface area contributed by atoms with Crippen LogP contribution in [0.15, 0.2) is 24.3 Å². The van der Waals surface area contributed by atoms with Crippen LogP contribution >= 0.6 is 0 Å². The van der Waals surface area contributed by atoms with Crippen LogP contribution in [0.3, 0.4) is 0 Å². The summed E-state index contributed by atoms with van der Waals surface area (Å²) in [5, 5.41) is 0. The Kier molecular flexibility index (Phi) is 5.99. The van der Waals surface area contributed by atoms with Crippen molar-refractivity contribution in [2.45, 2.75) is 70.3 Å². The Balaban J connectivity index is 1.46. The summed E-state index contributed by atoms with van der Waals surface area (Å²) in [7, 11) is 1.73. The van der Waals surface area contributed by atoms with Crippen LogP contribution in [0.4, 0.5) is 0 Å². The van der Waals surface area contributed by atoms with Gasteiger partial charge < -0.3 is 9.47 Å². The molecular weight excluding hydrogens is 284 g/mol. The Morgan fingerprint density at radius 2 is 1.65 bits per heavy atom. The van der Waals surface area contributed by atoms with Gasteiger partial charge in [-0.2, -0.15) is 0 Å². The summed E-state index contributed by atoms with van der Waals surface area (Å²) in [4.78, 5) is 0. The minimum atomic E-state index is 0.548. The highest BCUT2D eigenvalue weighted by Gasteiger charge is 2.31. The Bertz CT molecular complexity index is 451. The van der Waals surface area contributed by atoms with Crippen molar-refractivity contribution < 1.29 is 9.47 Å². The topological polar surface area (TPSA) is 18.5 Å². The maximum Gasteiger partial charge on any atom is 0.118 e. The van der Waals surface area contributed by atoms with Gasteiger partial charge >= 0.3 is 0 Å².